The third kappa shape index (κ3) is 4.39. The standard InChI is InChI=1S/C17H21F2N5O/c1-13(9-24-12-20-11-21-24)17(25)23-6-4-22(5-7-23)10-14-2-3-15(18)16(19)8-14/h2-3,8,11-13H,4-7,9-10H2,1H3. The van der Waals surface area contributed by atoms with Gasteiger partial charge in [-0.15, -0.1) is 0 Å². The lowest BCUT2D eigenvalue weighted by Gasteiger charge is -2.36. The first-order chi connectivity index (χ1) is 12.0. The lowest BCUT2D eigenvalue weighted by atomic mass is 10.1. The Morgan fingerprint density at radius 3 is 2.60 bits per heavy atom. The second-order valence-electron chi connectivity index (χ2n) is 6.37. The van der Waals surface area contributed by atoms with Crippen molar-refractivity contribution in [3.63, 3.8) is 0 Å². The zero-order chi connectivity index (χ0) is 17.8. The monoisotopic (exact) mass is 349 g/mol. The summed E-state index contributed by atoms with van der Waals surface area (Å²) in [5.41, 5.74) is 0.734. The van der Waals surface area contributed by atoms with Gasteiger partial charge in [0.05, 0.1) is 12.5 Å². The Morgan fingerprint density at radius 1 is 1.20 bits per heavy atom. The van der Waals surface area contributed by atoms with Crippen LogP contribution in [-0.2, 0) is 17.9 Å². The molecule has 0 bridgehead atoms. The molecule has 1 aliphatic heterocycles. The number of piperazine rings is 1. The number of amides is 1. The molecular weight excluding hydrogens is 328 g/mol. The molecule has 6 nitrogen and oxygen atoms in total. The Balaban J connectivity index is 1.49. The van der Waals surface area contributed by atoms with Crippen molar-refractivity contribution >= 4 is 5.91 Å². The molecule has 2 aromatic rings. The fourth-order valence-corrected chi connectivity index (χ4v) is 3.02. The molecule has 0 N–H and O–H groups in total. The molecule has 8 heteroatoms. The highest BCUT2D eigenvalue weighted by Gasteiger charge is 2.25. The van der Waals surface area contributed by atoms with E-state index in [0.717, 1.165) is 11.6 Å². The van der Waals surface area contributed by atoms with Crippen LogP contribution in [-0.4, -0.2) is 56.7 Å². The van der Waals surface area contributed by atoms with Gasteiger partial charge in [-0.25, -0.2) is 13.8 Å². The van der Waals surface area contributed by atoms with Crippen molar-refractivity contribution in [2.45, 2.75) is 20.0 Å². The minimum absolute atomic E-state index is 0.1000. The minimum atomic E-state index is -0.833. The number of hydrogen-bond acceptors (Lipinski definition) is 4. The molecule has 1 aromatic carbocycles. The number of halogens is 2. The predicted octanol–water partition coefficient (Wildman–Crippen LogP) is 1.54. The normalized spacial score (nSPS) is 16.8. The third-order valence-corrected chi connectivity index (χ3v) is 4.42. The van der Waals surface area contributed by atoms with Crippen molar-refractivity contribution in [3.05, 3.63) is 48.1 Å². The number of carbonyl (C=O) groups is 1. The summed E-state index contributed by atoms with van der Waals surface area (Å²) in [5.74, 6) is -1.73. The Morgan fingerprint density at radius 2 is 1.96 bits per heavy atom. The number of benzene rings is 1. The molecule has 1 fully saturated rings. The first kappa shape index (κ1) is 17.5. The van der Waals surface area contributed by atoms with Crippen LogP contribution in [0.1, 0.15) is 12.5 Å². The van der Waals surface area contributed by atoms with Crippen molar-refractivity contribution < 1.29 is 13.6 Å². The van der Waals surface area contributed by atoms with E-state index in [1.807, 2.05) is 11.8 Å². The molecule has 0 spiro atoms. The van der Waals surface area contributed by atoms with Crippen LogP contribution in [0.5, 0.6) is 0 Å². The number of nitrogens with zero attached hydrogens (tertiary/aromatic N) is 5. The van der Waals surface area contributed by atoms with Crippen LogP contribution in [0.4, 0.5) is 8.78 Å². The quantitative estimate of drug-likeness (QED) is 0.822. The third-order valence-electron chi connectivity index (χ3n) is 4.42. The minimum Gasteiger partial charge on any atom is -0.340 e. The van der Waals surface area contributed by atoms with Gasteiger partial charge in [0.2, 0.25) is 5.91 Å². The van der Waals surface area contributed by atoms with E-state index >= 15 is 0 Å². The summed E-state index contributed by atoms with van der Waals surface area (Å²) in [6, 6.07) is 3.97. The number of hydrogen-bond donors (Lipinski definition) is 0. The van der Waals surface area contributed by atoms with Crippen LogP contribution in [0.3, 0.4) is 0 Å². The van der Waals surface area contributed by atoms with Crippen molar-refractivity contribution in [3.8, 4) is 0 Å². The van der Waals surface area contributed by atoms with Crippen molar-refractivity contribution in [2.24, 2.45) is 5.92 Å². The van der Waals surface area contributed by atoms with E-state index in [9.17, 15) is 13.6 Å². The molecule has 3 rings (SSSR count). The van der Waals surface area contributed by atoms with Crippen LogP contribution in [0.25, 0.3) is 0 Å². The summed E-state index contributed by atoms with van der Waals surface area (Å²) in [4.78, 5) is 20.4. The highest BCUT2D eigenvalue weighted by Crippen LogP contribution is 2.14. The van der Waals surface area contributed by atoms with Crippen LogP contribution >= 0.6 is 0 Å². The lowest BCUT2D eigenvalue weighted by molar-refractivity contribution is -0.137. The average Bonchev–Trinajstić information content (AvgIpc) is 3.11. The van der Waals surface area contributed by atoms with Gasteiger partial charge in [0.1, 0.15) is 12.7 Å². The van der Waals surface area contributed by atoms with Gasteiger partial charge in [0.15, 0.2) is 11.6 Å². The van der Waals surface area contributed by atoms with Gasteiger partial charge >= 0.3 is 0 Å². The van der Waals surface area contributed by atoms with E-state index in [1.165, 1.54) is 12.4 Å². The van der Waals surface area contributed by atoms with E-state index in [0.29, 0.717) is 39.3 Å². The second kappa shape index (κ2) is 7.69. The molecule has 1 aliphatic rings. The SMILES string of the molecule is CC(Cn1cncn1)C(=O)N1CCN(Cc2ccc(F)c(F)c2)CC1. The van der Waals surface area contributed by atoms with Crippen LogP contribution in [0, 0.1) is 17.6 Å². The molecular formula is C17H21F2N5O. The molecule has 0 aliphatic carbocycles. The fraction of sp³-hybridized carbons (Fsp3) is 0.471. The lowest BCUT2D eigenvalue weighted by Crippen LogP contribution is -2.50. The Labute approximate surface area is 145 Å². The maximum atomic E-state index is 13.3. The van der Waals surface area contributed by atoms with Crippen molar-refractivity contribution in [1.29, 1.82) is 0 Å². The Kier molecular flexibility index (Phi) is 5.37. The largest absolute Gasteiger partial charge is 0.340 e. The van der Waals surface area contributed by atoms with Crippen LogP contribution in [0.15, 0.2) is 30.9 Å². The highest BCUT2D eigenvalue weighted by atomic mass is 19.2. The zero-order valence-electron chi connectivity index (χ0n) is 14.1. The highest BCUT2D eigenvalue weighted by molar-refractivity contribution is 5.78. The molecule has 1 unspecified atom stereocenters. The first-order valence-corrected chi connectivity index (χ1v) is 8.30. The van der Waals surface area contributed by atoms with Gasteiger partial charge in [-0.3, -0.25) is 14.4 Å². The molecule has 1 saturated heterocycles. The molecule has 1 amide bonds. The van der Waals surface area contributed by atoms with Gasteiger partial charge in [0.25, 0.3) is 0 Å². The molecule has 1 aromatic heterocycles. The molecule has 0 saturated carbocycles. The van der Waals surface area contributed by atoms with Gasteiger partial charge < -0.3 is 4.90 Å². The second-order valence-corrected chi connectivity index (χ2v) is 6.37. The summed E-state index contributed by atoms with van der Waals surface area (Å²) in [6.45, 7) is 5.62. The zero-order valence-corrected chi connectivity index (χ0v) is 14.1. The summed E-state index contributed by atoms with van der Waals surface area (Å²) in [6.07, 6.45) is 3.05. The van der Waals surface area contributed by atoms with Crippen molar-refractivity contribution in [1.82, 2.24) is 24.6 Å². The van der Waals surface area contributed by atoms with Gasteiger partial charge in [-0.2, -0.15) is 5.10 Å². The number of rotatable bonds is 5. The molecule has 2 heterocycles. The molecule has 25 heavy (non-hydrogen) atoms. The smallest absolute Gasteiger partial charge is 0.227 e. The van der Waals surface area contributed by atoms with Crippen LogP contribution < -0.4 is 0 Å². The summed E-state index contributed by atoms with van der Waals surface area (Å²) in [7, 11) is 0. The maximum absolute atomic E-state index is 13.3. The topological polar surface area (TPSA) is 54.3 Å². The fourth-order valence-electron chi connectivity index (χ4n) is 3.02. The Bertz CT molecular complexity index is 714. The number of aromatic nitrogens is 3. The van der Waals surface area contributed by atoms with E-state index in [2.05, 4.69) is 15.0 Å². The maximum Gasteiger partial charge on any atom is 0.227 e. The first-order valence-electron chi connectivity index (χ1n) is 8.30. The van der Waals surface area contributed by atoms with Crippen LogP contribution in [0.2, 0.25) is 0 Å². The van der Waals surface area contributed by atoms with Gasteiger partial charge in [-0.1, -0.05) is 13.0 Å². The van der Waals surface area contributed by atoms with E-state index in [4.69, 9.17) is 0 Å². The average molecular weight is 349 g/mol. The molecule has 134 valence electrons. The van der Waals surface area contributed by atoms with Crippen molar-refractivity contribution in [2.75, 3.05) is 26.2 Å². The molecule has 0 radical (unpaired) electrons. The van der Waals surface area contributed by atoms with E-state index in [1.54, 1.807) is 17.1 Å². The summed E-state index contributed by atoms with van der Waals surface area (Å²) in [5, 5.41) is 4.03. The predicted molar refractivity (Wildman–Crippen MR) is 87.4 cm³/mol. The van der Waals surface area contributed by atoms with E-state index < -0.39 is 11.6 Å². The number of carbonyl (C=O) groups excluding carboxylic acids is 1. The van der Waals surface area contributed by atoms with Gasteiger partial charge in [-0.05, 0) is 17.7 Å². The van der Waals surface area contributed by atoms with Gasteiger partial charge in [0, 0.05) is 32.7 Å². The van der Waals surface area contributed by atoms with E-state index in [-0.39, 0.29) is 11.8 Å². The Hall–Kier alpha value is -2.35. The summed E-state index contributed by atoms with van der Waals surface area (Å²) < 4.78 is 27.9. The molecule has 1 atom stereocenters. The summed E-state index contributed by atoms with van der Waals surface area (Å²) >= 11 is 0.